The maximum absolute atomic E-state index is 11.1. The molecule has 2 heteroatoms. The van der Waals surface area contributed by atoms with Gasteiger partial charge in [0, 0.05) is 0 Å². The summed E-state index contributed by atoms with van der Waals surface area (Å²) in [4.78, 5) is 2.25. The summed E-state index contributed by atoms with van der Waals surface area (Å²) in [6.45, 7) is 6.55. The number of nitrogens with zero attached hydrogens (tertiary/aromatic N) is 1. The lowest BCUT2D eigenvalue weighted by atomic mass is 9.70. The molecule has 1 fully saturated rings. The van der Waals surface area contributed by atoms with Crippen molar-refractivity contribution in [3.8, 4) is 0 Å². The smallest absolute Gasteiger partial charge is 0.0973 e. The maximum atomic E-state index is 11.1. The first-order valence-electron chi connectivity index (χ1n) is 7.79. The Hall–Kier alpha value is -0.860. The summed E-state index contributed by atoms with van der Waals surface area (Å²) in [6, 6.07) is 6.38. The van der Waals surface area contributed by atoms with Gasteiger partial charge in [-0.15, -0.1) is 0 Å². The molecule has 2 rings (SSSR count). The van der Waals surface area contributed by atoms with Crippen LogP contribution in [0.4, 0.5) is 0 Å². The SMILES string of the molecule is Cc1ccc(C(O)C2(N(C)C)CCCC(C)C2)cc1C. The third-order valence-corrected chi connectivity index (χ3v) is 5.25. The molecule has 0 aromatic heterocycles. The molecule has 3 unspecified atom stereocenters. The highest BCUT2D eigenvalue weighted by Gasteiger charge is 2.43. The Morgan fingerprint density at radius 1 is 1.25 bits per heavy atom. The minimum Gasteiger partial charge on any atom is -0.386 e. The molecule has 0 heterocycles. The van der Waals surface area contributed by atoms with Gasteiger partial charge in [-0.2, -0.15) is 0 Å². The Labute approximate surface area is 123 Å². The minimum atomic E-state index is -0.403. The fourth-order valence-electron chi connectivity index (χ4n) is 3.71. The molecular weight excluding hydrogens is 246 g/mol. The second kappa shape index (κ2) is 5.87. The second-order valence-electron chi connectivity index (χ2n) is 6.95. The molecule has 0 bridgehead atoms. The Morgan fingerprint density at radius 2 is 1.95 bits per heavy atom. The zero-order valence-electron chi connectivity index (χ0n) is 13.6. The molecule has 0 radical (unpaired) electrons. The van der Waals surface area contributed by atoms with Gasteiger partial charge in [0.05, 0.1) is 11.6 Å². The second-order valence-corrected chi connectivity index (χ2v) is 6.95. The molecule has 1 aliphatic rings. The van der Waals surface area contributed by atoms with Gasteiger partial charge in [0.25, 0.3) is 0 Å². The zero-order valence-corrected chi connectivity index (χ0v) is 13.6. The van der Waals surface area contributed by atoms with E-state index in [0.29, 0.717) is 5.92 Å². The van der Waals surface area contributed by atoms with E-state index < -0.39 is 6.10 Å². The molecule has 0 saturated heterocycles. The van der Waals surface area contributed by atoms with Gasteiger partial charge in [0.1, 0.15) is 0 Å². The van der Waals surface area contributed by atoms with E-state index >= 15 is 0 Å². The van der Waals surface area contributed by atoms with Crippen molar-refractivity contribution in [2.24, 2.45) is 5.92 Å². The van der Waals surface area contributed by atoms with E-state index in [-0.39, 0.29) is 5.54 Å². The molecule has 0 spiro atoms. The van der Waals surface area contributed by atoms with E-state index in [9.17, 15) is 5.11 Å². The average molecular weight is 275 g/mol. The van der Waals surface area contributed by atoms with Crippen molar-refractivity contribution in [2.45, 2.75) is 58.1 Å². The number of aryl methyl sites for hydroxylation is 2. The third-order valence-electron chi connectivity index (χ3n) is 5.25. The van der Waals surface area contributed by atoms with E-state index in [1.165, 1.54) is 24.0 Å². The van der Waals surface area contributed by atoms with Crippen LogP contribution in [-0.4, -0.2) is 29.6 Å². The molecule has 0 aliphatic heterocycles. The zero-order chi connectivity index (χ0) is 14.9. The lowest BCUT2D eigenvalue weighted by Gasteiger charge is -2.48. The van der Waals surface area contributed by atoms with Crippen molar-refractivity contribution in [3.05, 3.63) is 34.9 Å². The number of aliphatic hydroxyl groups excluding tert-OH is 1. The maximum Gasteiger partial charge on any atom is 0.0973 e. The van der Waals surface area contributed by atoms with Crippen LogP contribution in [0.3, 0.4) is 0 Å². The van der Waals surface area contributed by atoms with E-state index in [0.717, 1.165) is 18.4 Å². The van der Waals surface area contributed by atoms with E-state index in [1.54, 1.807) is 0 Å². The predicted octanol–water partition coefficient (Wildman–Crippen LogP) is 3.85. The minimum absolute atomic E-state index is 0.112. The van der Waals surface area contributed by atoms with Crippen LogP contribution in [-0.2, 0) is 0 Å². The van der Waals surface area contributed by atoms with Gasteiger partial charge < -0.3 is 10.0 Å². The summed E-state index contributed by atoms with van der Waals surface area (Å²) in [5.41, 5.74) is 3.51. The molecule has 3 atom stereocenters. The van der Waals surface area contributed by atoms with Gasteiger partial charge in [-0.3, -0.25) is 0 Å². The quantitative estimate of drug-likeness (QED) is 0.906. The predicted molar refractivity (Wildman–Crippen MR) is 84.9 cm³/mol. The highest BCUT2D eigenvalue weighted by Crippen LogP contribution is 2.44. The molecule has 1 aliphatic carbocycles. The summed E-state index contributed by atoms with van der Waals surface area (Å²) >= 11 is 0. The Kier molecular flexibility index (Phi) is 4.55. The Bertz CT molecular complexity index is 468. The molecular formula is C18H29NO. The lowest BCUT2D eigenvalue weighted by molar-refractivity contribution is -0.0451. The van der Waals surface area contributed by atoms with Gasteiger partial charge in [0.2, 0.25) is 0 Å². The summed E-state index contributed by atoms with van der Waals surface area (Å²) in [5, 5.41) is 11.1. The topological polar surface area (TPSA) is 23.5 Å². The standard InChI is InChI=1S/C18H29NO/c1-13-7-6-10-18(12-13,19(4)5)17(20)16-9-8-14(2)15(3)11-16/h8-9,11,13,17,20H,6-7,10,12H2,1-5H3. The van der Waals surface area contributed by atoms with E-state index in [1.807, 2.05) is 0 Å². The van der Waals surface area contributed by atoms with Crippen molar-refractivity contribution in [2.75, 3.05) is 14.1 Å². The molecule has 1 aromatic rings. The molecule has 1 saturated carbocycles. The van der Waals surface area contributed by atoms with Crippen LogP contribution in [0.2, 0.25) is 0 Å². The number of benzene rings is 1. The van der Waals surface area contributed by atoms with E-state index in [2.05, 4.69) is 58.0 Å². The monoisotopic (exact) mass is 275 g/mol. The number of hydrogen-bond donors (Lipinski definition) is 1. The molecule has 1 aromatic carbocycles. The number of likely N-dealkylation sites (N-methyl/N-ethyl adjacent to an activating group) is 1. The third kappa shape index (κ3) is 2.77. The first kappa shape index (κ1) is 15.5. The Morgan fingerprint density at radius 3 is 2.50 bits per heavy atom. The largest absolute Gasteiger partial charge is 0.386 e. The summed E-state index contributed by atoms with van der Waals surface area (Å²) in [5.74, 6) is 0.687. The van der Waals surface area contributed by atoms with Crippen LogP contribution in [0.25, 0.3) is 0 Å². The van der Waals surface area contributed by atoms with Crippen LogP contribution in [0.5, 0.6) is 0 Å². The van der Waals surface area contributed by atoms with Crippen molar-refractivity contribution >= 4 is 0 Å². The highest BCUT2D eigenvalue weighted by molar-refractivity contribution is 5.32. The number of aliphatic hydroxyl groups is 1. The molecule has 1 N–H and O–H groups in total. The van der Waals surface area contributed by atoms with Gasteiger partial charge in [-0.05, 0) is 63.4 Å². The van der Waals surface area contributed by atoms with Crippen LogP contribution >= 0.6 is 0 Å². The van der Waals surface area contributed by atoms with Crippen molar-refractivity contribution in [1.29, 1.82) is 0 Å². The molecule has 112 valence electrons. The number of rotatable bonds is 3. The lowest BCUT2D eigenvalue weighted by Crippen LogP contribution is -2.52. The van der Waals surface area contributed by atoms with Gasteiger partial charge >= 0.3 is 0 Å². The van der Waals surface area contributed by atoms with Gasteiger partial charge in [-0.1, -0.05) is 38.0 Å². The molecule has 20 heavy (non-hydrogen) atoms. The van der Waals surface area contributed by atoms with Gasteiger partial charge in [-0.25, -0.2) is 0 Å². The highest BCUT2D eigenvalue weighted by atomic mass is 16.3. The molecule has 2 nitrogen and oxygen atoms in total. The van der Waals surface area contributed by atoms with Crippen molar-refractivity contribution < 1.29 is 5.11 Å². The fraction of sp³-hybridized carbons (Fsp3) is 0.667. The Balaban J connectivity index is 2.35. The van der Waals surface area contributed by atoms with Crippen LogP contribution in [0.1, 0.15) is 55.4 Å². The van der Waals surface area contributed by atoms with Crippen molar-refractivity contribution in [1.82, 2.24) is 4.90 Å². The summed E-state index contributed by atoms with van der Waals surface area (Å²) in [6.07, 6.45) is 4.25. The van der Waals surface area contributed by atoms with Crippen LogP contribution in [0, 0.1) is 19.8 Å². The van der Waals surface area contributed by atoms with Crippen molar-refractivity contribution in [3.63, 3.8) is 0 Å². The summed E-state index contributed by atoms with van der Waals surface area (Å²) < 4.78 is 0. The average Bonchev–Trinajstić information content (AvgIpc) is 2.40. The first-order chi connectivity index (χ1) is 9.36. The van der Waals surface area contributed by atoms with Crippen LogP contribution < -0.4 is 0 Å². The number of hydrogen-bond acceptors (Lipinski definition) is 2. The molecule has 0 amide bonds. The fourth-order valence-corrected chi connectivity index (χ4v) is 3.71. The first-order valence-corrected chi connectivity index (χ1v) is 7.79. The summed E-state index contributed by atoms with van der Waals surface area (Å²) in [7, 11) is 4.23. The normalized spacial score (nSPS) is 28.6. The van der Waals surface area contributed by atoms with E-state index in [4.69, 9.17) is 0 Å². The van der Waals surface area contributed by atoms with Crippen LogP contribution in [0.15, 0.2) is 18.2 Å². The van der Waals surface area contributed by atoms with Gasteiger partial charge in [0.15, 0.2) is 0 Å².